The average Bonchev–Trinajstić information content (AvgIpc) is 3.39. The zero-order valence-electron chi connectivity index (χ0n) is 39.1. The van der Waals surface area contributed by atoms with E-state index in [1.54, 1.807) is 0 Å². The van der Waals surface area contributed by atoms with Crippen LogP contribution >= 0.6 is 0 Å². The fourth-order valence-electron chi connectivity index (χ4n) is 8.71. The standard InChI is InChI=1S/C56H62O12S/c1-59-55-53(65-37-45-29-17-7-18-30-45)51(63-35-43-25-13-5-14-26-43)49(61-33-41-21-9-3-10-22-41)47(67-55)39-69(57,58)40-48-50(62-34-42-23-11-4-12-24-42)52(64-36-44-27-15-6-16-28-44)54(56(60-2)68-48)66-38-46-31-19-8-20-32-46/h3-32,47-56H,33-40H2,1-2H3/t47-,48-,49-,50-,51-,52-,53-,54-,55-,56-/m1/s1. The summed E-state index contributed by atoms with van der Waals surface area (Å²) in [6.07, 6.45) is -9.33. The predicted octanol–water partition coefficient (Wildman–Crippen LogP) is 8.66. The molecule has 6 aromatic rings. The Balaban J connectivity index is 1.10. The Hall–Kier alpha value is -5.13. The van der Waals surface area contributed by atoms with Gasteiger partial charge in [0.05, 0.1) is 51.1 Å². The van der Waals surface area contributed by atoms with E-state index in [9.17, 15) is 0 Å². The van der Waals surface area contributed by atoms with Crippen LogP contribution < -0.4 is 0 Å². The highest BCUT2D eigenvalue weighted by Gasteiger charge is 2.53. The van der Waals surface area contributed by atoms with E-state index in [-0.39, 0.29) is 39.6 Å². The van der Waals surface area contributed by atoms with Crippen LogP contribution in [0, 0.1) is 0 Å². The summed E-state index contributed by atoms with van der Waals surface area (Å²) in [6.45, 7) is 1.15. The maximum atomic E-state index is 15.1. The van der Waals surface area contributed by atoms with Crippen molar-refractivity contribution >= 4 is 9.84 Å². The first-order valence-corrected chi connectivity index (χ1v) is 25.2. The maximum Gasteiger partial charge on any atom is 0.186 e. The smallest absolute Gasteiger partial charge is 0.186 e. The normalized spacial score (nSPS) is 25.0. The number of methoxy groups -OCH3 is 2. The molecule has 0 unspecified atom stereocenters. The monoisotopic (exact) mass is 958 g/mol. The van der Waals surface area contributed by atoms with Gasteiger partial charge in [-0.3, -0.25) is 0 Å². The number of hydrogen-bond donors (Lipinski definition) is 0. The van der Waals surface area contributed by atoms with Crippen LogP contribution in [-0.2, 0) is 96.8 Å². The van der Waals surface area contributed by atoms with E-state index in [1.807, 2.05) is 182 Å². The highest BCUT2D eigenvalue weighted by Crippen LogP contribution is 2.35. The summed E-state index contributed by atoms with van der Waals surface area (Å²) in [6, 6.07) is 58.4. The van der Waals surface area contributed by atoms with Crippen LogP contribution in [0.4, 0.5) is 0 Å². The lowest BCUT2D eigenvalue weighted by atomic mass is 9.98. The van der Waals surface area contributed by atoms with Crippen LogP contribution in [0.3, 0.4) is 0 Å². The highest BCUT2D eigenvalue weighted by molar-refractivity contribution is 7.91. The van der Waals surface area contributed by atoms with Gasteiger partial charge in [0.1, 0.15) is 48.8 Å². The first-order valence-electron chi connectivity index (χ1n) is 23.4. The van der Waals surface area contributed by atoms with Crippen molar-refractivity contribution in [2.75, 3.05) is 25.7 Å². The van der Waals surface area contributed by atoms with Gasteiger partial charge in [-0.1, -0.05) is 182 Å². The molecule has 364 valence electrons. The van der Waals surface area contributed by atoms with Crippen LogP contribution in [-0.4, -0.2) is 95.6 Å². The largest absolute Gasteiger partial charge is 0.368 e. The molecule has 0 aromatic heterocycles. The average molecular weight is 959 g/mol. The molecule has 2 aliphatic rings. The van der Waals surface area contributed by atoms with Gasteiger partial charge in [-0.05, 0) is 33.4 Å². The van der Waals surface area contributed by atoms with Gasteiger partial charge in [0, 0.05) is 14.2 Å². The molecule has 13 heteroatoms. The van der Waals surface area contributed by atoms with Crippen LogP contribution in [0.1, 0.15) is 33.4 Å². The summed E-state index contributed by atoms with van der Waals surface area (Å²) in [4.78, 5) is 0. The van der Waals surface area contributed by atoms with Crippen molar-refractivity contribution in [2.45, 2.75) is 101 Å². The van der Waals surface area contributed by atoms with Gasteiger partial charge in [-0.15, -0.1) is 0 Å². The van der Waals surface area contributed by atoms with Crippen molar-refractivity contribution < 1.29 is 55.8 Å². The molecule has 8 rings (SSSR count). The molecule has 6 aromatic carbocycles. The lowest BCUT2D eigenvalue weighted by Crippen LogP contribution is -2.63. The summed E-state index contributed by atoms with van der Waals surface area (Å²) in [5.41, 5.74) is 5.49. The quantitative estimate of drug-likeness (QED) is 0.0577. The number of sulfone groups is 1. The molecular weight excluding hydrogens is 897 g/mol. The van der Waals surface area contributed by atoms with E-state index in [1.165, 1.54) is 14.2 Å². The first kappa shape index (κ1) is 50.3. The third-order valence-electron chi connectivity index (χ3n) is 12.2. The maximum absolute atomic E-state index is 15.1. The number of rotatable bonds is 24. The highest BCUT2D eigenvalue weighted by atomic mass is 32.2. The second kappa shape index (κ2) is 25.6. The number of hydrogen-bond acceptors (Lipinski definition) is 12. The molecular formula is C56H62O12S. The Morgan fingerprint density at radius 2 is 0.551 bits per heavy atom. The molecule has 0 spiro atoms. The second-order valence-corrected chi connectivity index (χ2v) is 19.4. The predicted molar refractivity (Wildman–Crippen MR) is 260 cm³/mol. The van der Waals surface area contributed by atoms with Gasteiger partial charge in [-0.25, -0.2) is 8.42 Å². The van der Waals surface area contributed by atoms with Crippen LogP contribution in [0.2, 0.25) is 0 Å². The topological polar surface area (TPSA) is 126 Å². The third kappa shape index (κ3) is 14.5. The van der Waals surface area contributed by atoms with Crippen LogP contribution in [0.5, 0.6) is 0 Å². The van der Waals surface area contributed by atoms with E-state index < -0.39 is 82.8 Å². The van der Waals surface area contributed by atoms with E-state index in [2.05, 4.69) is 0 Å². The van der Waals surface area contributed by atoms with Gasteiger partial charge in [0.15, 0.2) is 22.4 Å². The molecule has 2 saturated heterocycles. The van der Waals surface area contributed by atoms with E-state index in [0.717, 1.165) is 33.4 Å². The van der Waals surface area contributed by atoms with Gasteiger partial charge < -0.3 is 47.4 Å². The molecule has 0 bridgehead atoms. The molecule has 0 amide bonds. The lowest BCUT2D eigenvalue weighted by Gasteiger charge is -2.46. The molecule has 2 heterocycles. The van der Waals surface area contributed by atoms with Gasteiger partial charge >= 0.3 is 0 Å². The minimum Gasteiger partial charge on any atom is -0.368 e. The summed E-state index contributed by atoms with van der Waals surface area (Å²) in [5.74, 6) is -0.954. The number of ether oxygens (including phenoxy) is 10. The molecule has 2 fully saturated rings. The molecule has 10 atom stereocenters. The fraction of sp³-hybridized carbons (Fsp3) is 0.357. The first-order chi connectivity index (χ1) is 33.9. The fourth-order valence-corrected chi connectivity index (χ4v) is 10.4. The van der Waals surface area contributed by atoms with Gasteiger partial charge in [-0.2, -0.15) is 0 Å². The second-order valence-electron chi connectivity index (χ2n) is 17.2. The Morgan fingerprint density at radius 1 is 0.333 bits per heavy atom. The van der Waals surface area contributed by atoms with Crippen molar-refractivity contribution in [1.82, 2.24) is 0 Å². The molecule has 0 radical (unpaired) electrons. The van der Waals surface area contributed by atoms with E-state index in [0.29, 0.717) is 0 Å². The minimum absolute atomic E-state index is 0.154. The Kier molecular flexibility index (Phi) is 18.7. The molecule has 2 aliphatic heterocycles. The molecule has 12 nitrogen and oxygen atoms in total. The van der Waals surface area contributed by atoms with Crippen molar-refractivity contribution in [3.8, 4) is 0 Å². The number of benzene rings is 6. The molecule has 0 N–H and O–H groups in total. The third-order valence-corrected chi connectivity index (χ3v) is 13.9. The zero-order chi connectivity index (χ0) is 47.7. The summed E-state index contributed by atoms with van der Waals surface area (Å²) in [7, 11) is -1.10. The SMILES string of the molecule is CO[C@@H]1O[C@H](CS(=O)(=O)C[C@H]2O[C@@H](OC)[C@H](OCc3ccccc3)[C@H](OCc3ccccc3)[C@@H]2OCc2ccccc2)[C@@H](OCc2ccccc2)[C@@H](OCc2ccccc2)[C@H]1OCc1ccccc1. The minimum atomic E-state index is -4.12. The van der Waals surface area contributed by atoms with Crippen molar-refractivity contribution in [3.05, 3.63) is 215 Å². The van der Waals surface area contributed by atoms with E-state index >= 15 is 8.42 Å². The lowest BCUT2D eigenvalue weighted by molar-refractivity contribution is -0.315. The molecule has 0 aliphatic carbocycles. The van der Waals surface area contributed by atoms with E-state index in [4.69, 9.17) is 47.4 Å². The Bertz CT molecular complexity index is 2300. The molecule has 69 heavy (non-hydrogen) atoms. The van der Waals surface area contributed by atoms with Gasteiger partial charge in [0.25, 0.3) is 0 Å². The Morgan fingerprint density at radius 3 is 0.783 bits per heavy atom. The summed E-state index contributed by atoms with van der Waals surface area (Å²) < 4.78 is 95.6. The van der Waals surface area contributed by atoms with Crippen molar-refractivity contribution in [3.63, 3.8) is 0 Å². The van der Waals surface area contributed by atoms with Crippen molar-refractivity contribution in [1.29, 1.82) is 0 Å². The summed E-state index contributed by atoms with van der Waals surface area (Å²) >= 11 is 0. The Labute approximate surface area is 406 Å². The molecule has 0 saturated carbocycles. The van der Waals surface area contributed by atoms with Gasteiger partial charge in [0.2, 0.25) is 0 Å². The zero-order valence-corrected chi connectivity index (χ0v) is 39.9. The van der Waals surface area contributed by atoms with Crippen molar-refractivity contribution in [2.24, 2.45) is 0 Å². The summed E-state index contributed by atoms with van der Waals surface area (Å²) in [5, 5.41) is 0. The van der Waals surface area contributed by atoms with Crippen LogP contribution in [0.25, 0.3) is 0 Å². The van der Waals surface area contributed by atoms with Crippen LogP contribution in [0.15, 0.2) is 182 Å².